The zero-order valence-corrected chi connectivity index (χ0v) is 5.91. The van der Waals surface area contributed by atoms with E-state index in [0.29, 0.717) is 0 Å². The first-order valence-electron chi connectivity index (χ1n) is 3.29. The van der Waals surface area contributed by atoms with Crippen molar-refractivity contribution in [2.24, 2.45) is 0 Å². The van der Waals surface area contributed by atoms with Crippen LogP contribution in [0.25, 0.3) is 0 Å². The molecule has 0 heterocycles. The second-order valence-electron chi connectivity index (χ2n) is 2.34. The largest absolute Gasteiger partial charge is 0.396 e. The van der Waals surface area contributed by atoms with E-state index in [2.05, 4.69) is 0 Å². The van der Waals surface area contributed by atoms with E-state index in [0.717, 1.165) is 11.8 Å². The highest BCUT2D eigenvalue weighted by molar-refractivity contribution is 5.45. The summed E-state index contributed by atoms with van der Waals surface area (Å²) >= 11 is 0. The highest BCUT2D eigenvalue weighted by Crippen LogP contribution is 2.34. The van der Waals surface area contributed by atoms with Crippen molar-refractivity contribution in [1.29, 1.82) is 0 Å². The van der Waals surface area contributed by atoms with Crippen molar-refractivity contribution in [3.8, 4) is 0 Å². The van der Waals surface area contributed by atoms with Crippen LogP contribution < -0.4 is 0 Å². The maximum absolute atomic E-state index is 9.11. The number of rotatable bonds is 2. The molecule has 0 spiro atoms. The van der Waals surface area contributed by atoms with Gasteiger partial charge in [0.2, 0.25) is 0 Å². The van der Waals surface area contributed by atoms with E-state index in [-0.39, 0.29) is 6.61 Å². The van der Waals surface area contributed by atoms with E-state index in [4.69, 9.17) is 10.2 Å². The molecular formula is C8H11O2. The van der Waals surface area contributed by atoms with Crippen molar-refractivity contribution >= 4 is 0 Å². The van der Waals surface area contributed by atoms with E-state index in [1.54, 1.807) is 6.92 Å². The molecule has 0 aromatic rings. The summed E-state index contributed by atoms with van der Waals surface area (Å²) < 4.78 is 0. The topological polar surface area (TPSA) is 40.5 Å². The Bertz CT molecular complexity index is 101. The molecule has 1 rings (SSSR count). The summed E-state index contributed by atoms with van der Waals surface area (Å²) in [5.74, 6) is 1.64. The van der Waals surface area contributed by atoms with Gasteiger partial charge in [-0.2, -0.15) is 0 Å². The van der Waals surface area contributed by atoms with E-state index in [9.17, 15) is 0 Å². The molecule has 1 aliphatic rings. The molecule has 0 aromatic carbocycles. The minimum Gasteiger partial charge on any atom is -0.396 e. The second-order valence-corrected chi connectivity index (χ2v) is 2.34. The monoisotopic (exact) mass is 139 g/mol. The van der Waals surface area contributed by atoms with Gasteiger partial charge in [0.1, 0.15) is 0 Å². The minimum atomic E-state index is -0.475. The fourth-order valence-corrected chi connectivity index (χ4v) is 1.02. The SMILES string of the molecule is C[C@@H](O)[C]1[CH][CH][CH][C]1CO. The van der Waals surface area contributed by atoms with Crippen LogP contribution in [0.15, 0.2) is 0 Å². The van der Waals surface area contributed by atoms with Gasteiger partial charge in [0, 0.05) is 11.8 Å². The minimum absolute atomic E-state index is 0.00718. The Hall–Kier alpha value is -0.0800. The highest BCUT2D eigenvalue weighted by Gasteiger charge is 2.31. The molecule has 1 atom stereocenters. The fourth-order valence-electron chi connectivity index (χ4n) is 1.02. The Morgan fingerprint density at radius 1 is 1.50 bits per heavy atom. The van der Waals surface area contributed by atoms with Crippen LogP contribution in [0.4, 0.5) is 0 Å². The van der Waals surface area contributed by atoms with Gasteiger partial charge < -0.3 is 10.2 Å². The molecule has 0 amide bonds. The van der Waals surface area contributed by atoms with Gasteiger partial charge in [0.15, 0.2) is 0 Å². The Labute approximate surface area is 61.9 Å². The average Bonchev–Trinajstić information content (AvgIpc) is 2.33. The van der Waals surface area contributed by atoms with Gasteiger partial charge in [-0.3, -0.25) is 0 Å². The molecule has 55 valence electrons. The summed E-state index contributed by atoms with van der Waals surface area (Å²) in [6.07, 6.45) is 4.98. The lowest BCUT2D eigenvalue weighted by atomic mass is 9.92. The lowest BCUT2D eigenvalue weighted by molar-refractivity contribution is 0.205. The summed E-state index contributed by atoms with van der Waals surface area (Å²) in [7, 11) is 0. The Balaban J connectivity index is 2.42. The van der Waals surface area contributed by atoms with Gasteiger partial charge in [-0.25, -0.2) is 0 Å². The molecule has 0 aromatic heterocycles. The van der Waals surface area contributed by atoms with Gasteiger partial charge in [-0.1, -0.05) is 0 Å². The number of hydrogen-bond acceptors (Lipinski definition) is 2. The molecule has 10 heavy (non-hydrogen) atoms. The van der Waals surface area contributed by atoms with Crippen molar-refractivity contribution < 1.29 is 10.2 Å². The summed E-state index contributed by atoms with van der Waals surface area (Å²) in [6, 6.07) is 0. The standard InChI is InChI=1S/C8H11O2/c1-6(10)8-4-2-3-7(8)5-9/h2-4,6,9-10H,5H2,1H3/t6-/m1/s1. The molecular weight excluding hydrogens is 128 g/mol. The molecule has 2 N–H and O–H groups in total. The molecule has 0 aliphatic heterocycles. The van der Waals surface area contributed by atoms with E-state index < -0.39 is 6.10 Å². The Kier molecular flexibility index (Phi) is 2.69. The fraction of sp³-hybridized carbons (Fsp3) is 0.375. The molecule has 0 saturated heterocycles. The normalized spacial score (nSPS) is 25.5. The van der Waals surface area contributed by atoms with Crippen LogP contribution in [-0.2, 0) is 0 Å². The van der Waals surface area contributed by atoms with E-state index in [1.807, 2.05) is 19.3 Å². The smallest absolute Gasteiger partial charge is 0.0584 e. The first-order chi connectivity index (χ1) is 4.75. The van der Waals surface area contributed by atoms with Gasteiger partial charge in [0.05, 0.1) is 12.7 Å². The lowest BCUT2D eigenvalue weighted by Crippen LogP contribution is -2.19. The predicted octanol–water partition coefficient (Wildman–Crippen LogP) is 0.135. The third kappa shape index (κ3) is 1.50. The number of hydrogen-bond donors (Lipinski definition) is 2. The number of aliphatic hydroxyl groups is 2. The molecule has 1 fully saturated rings. The first kappa shape index (κ1) is 8.02. The van der Waals surface area contributed by atoms with Crippen LogP contribution in [0.5, 0.6) is 0 Å². The van der Waals surface area contributed by atoms with Crippen LogP contribution in [0, 0.1) is 31.1 Å². The first-order valence-corrected chi connectivity index (χ1v) is 3.29. The Morgan fingerprint density at radius 2 is 2.20 bits per heavy atom. The van der Waals surface area contributed by atoms with E-state index in [1.165, 1.54) is 0 Å². The van der Waals surface area contributed by atoms with Crippen LogP contribution in [-0.4, -0.2) is 22.9 Å². The molecule has 2 nitrogen and oxygen atoms in total. The predicted molar refractivity (Wildman–Crippen MR) is 38.2 cm³/mol. The quantitative estimate of drug-likeness (QED) is 0.571. The summed E-state index contributed by atoms with van der Waals surface area (Å²) in [5, 5.41) is 17.9. The molecule has 0 bridgehead atoms. The van der Waals surface area contributed by atoms with Gasteiger partial charge >= 0.3 is 0 Å². The Morgan fingerprint density at radius 3 is 2.60 bits per heavy atom. The molecule has 5 radical (unpaired) electrons. The zero-order chi connectivity index (χ0) is 7.56. The zero-order valence-electron chi connectivity index (χ0n) is 5.91. The average molecular weight is 139 g/mol. The van der Waals surface area contributed by atoms with Gasteiger partial charge in [0.25, 0.3) is 0 Å². The highest BCUT2D eigenvalue weighted by atomic mass is 16.3. The van der Waals surface area contributed by atoms with Crippen LogP contribution in [0.2, 0.25) is 0 Å². The third-order valence-corrected chi connectivity index (χ3v) is 1.56. The van der Waals surface area contributed by atoms with Crippen LogP contribution in [0.3, 0.4) is 0 Å². The summed E-state index contributed by atoms with van der Waals surface area (Å²) in [4.78, 5) is 0. The van der Waals surface area contributed by atoms with Crippen LogP contribution >= 0.6 is 0 Å². The maximum atomic E-state index is 9.11. The van der Waals surface area contributed by atoms with Gasteiger partial charge in [-0.05, 0) is 26.2 Å². The molecule has 2 heteroatoms. The van der Waals surface area contributed by atoms with Crippen molar-refractivity contribution in [2.45, 2.75) is 13.0 Å². The van der Waals surface area contributed by atoms with E-state index >= 15 is 0 Å². The molecule has 1 aliphatic carbocycles. The van der Waals surface area contributed by atoms with Crippen LogP contribution in [0.1, 0.15) is 6.92 Å². The second kappa shape index (κ2) is 3.35. The van der Waals surface area contributed by atoms with Crippen molar-refractivity contribution in [2.75, 3.05) is 6.61 Å². The van der Waals surface area contributed by atoms with Crippen molar-refractivity contribution in [1.82, 2.24) is 0 Å². The van der Waals surface area contributed by atoms with Crippen molar-refractivity contribution in [3.05, 3.63) is 31.1 Å². The summed E-state index contributed by atoms with van der Waals surface area (Å²) in [6.45, 7) is 1.70. The summed E-state index contributed by atoms with van der Waals surface area (Å²) in [5.41, 5.74) is 0. The third-order valence-electron chi connectivity index (χ3n) is 1.56. The maximum Gasteiger partial charge on any atom is 0.0584 e. The molecule has 1 saturated carbocycles. The molecule has 0 unspecified atom stereocenters. The van der Waals surface area contributed by atoms with Crippen molar-refractivity contribution in [3.63, 3.8) is 0 Å². The van der Waals surface area contributed by atoms with Gasteiger partial charge in [-0.15, -0.1) is 0 Å². The number of aliphatic hydroxyl groups excluding tert-OH is 2. The lowest BCUT2D eigenvalue weighted by Gasteiger charge is -2.17.